The Morgan fingerprint density at radius 1 is 0.842 bits per heavy atom. The lowest BCUT2D eigenvalue weighted by Crippen LogP contribution is -2.47. The molecule has 0 radical (unpaired) electrons. The molecular weight excluding hydrogens is 240 g/mol. The average Bonchev–Trinajstić information content (AvgIpc) is 2.49. The maximum Gasteiger partial charge on any atom is 0.172 e. The minimum atomic E-state index is 1.01. The fraction of sp³-hybridized carbons (Fsp3) is 0.692. The molecule has 0 aromatic carbocycles. The number of hydrogen-bond donors (Lipinski definition) is 1. The van der Waals surface area contributed by atoms with Crippen molar-refractivity contribution in [1.82, 2.24) is 20.2 Å². The van der Waals surface area contributed by atoms with Gasteiger partial charge in [-0.05, 0) is 7.05 Å². The molecule has 19 heavy (non-hydrogen) atoms. The Labute approximate surface area is 114 Å². The summed E-state index contributed by atoms with van der Waals surface area (Å²) in [4.78, 5) is 16.2. The molecule has 0 saturated carbocycles. The van der Waals surface area contributed by atoms with E-state index in [1.807, 2.05) is 0 Å². The van der Waals surface area contributed by atoms with Crippen LogP contribution in [0.3, 0.4) is 0 Å². The molecule has 0 amide bonds. The van der Waals surface area contributed by atoms with Gasteiger partial charge in [0.1, 0.15) is 0 Å². The van der Waals surface area contributed by atoms with Crippen LogP contribution in [0.4, 0.5) is 11.6 Å². The maximum atomic E-state index is 4.59. The van der Waals surface area contributed by atoms with Crippen molar-refractivity contribution >= 4 is 11.6 Å². The van der Waals surface area contributed by atoms with Gasteiger partial charge in [-0.2, -0.15) is 0 Å². The fourth-order valence-corrected chi connectivity index (χ4v) is 2.66. The molecule has 104 valence electrons. The first-order valence-corrected chi connectivity index (χ1v) is 7.05. The van der Waals surface area contributed by atoms with E-state index in [1.165, 1.54) is 0 Å². The number of hydrogen-bond acceptors (Lipinski definition) is 6. The summed E-state index contributed by atoms with van der Waals surface area (Å²) in [5.74, 6) is 2.10. The topological polar surface area (TPSA) is 47.5 Å². The van der Waals surface area contributed by atoms with E-state index in [9.17, 15) is 0 Å². The van der Waals surface area contributed by atoms with Gasteiger partial charge in [0.25, 0.3) is 0 Å². The zero-order valence-electron chi connectivity index (χ0n) is 11.5. The molecule has 0 aliphatic carbocycles. The van der Waals surface area contributed by atoms with Gasteiger partial charge in [-0.25, -0.2) is 9.97 Å². The van der Waals surface area contributed by atoms with Crippen LogP contribution in [0.1, 0.15) is 0 Å². The highest BCUT2D eigenvalue weighted by molar-refractivity contribution is 5.62. The molecule has 2 fully saturated rings. The molecule has 3 heterocycles. The number of anilines is 2. The quantitative estimate of drug-likeness (QED) is 0.785. The molecule has 6 nitrogen and oxygen atoms in total. The van der Waals surface area contributed by atoms with Crippen molar-refractivity contribution in [3.05, 3.63) is 12.4 Å². The number of likely N-dealkylation sites (N-methyl/N-ethyl adjacent to an activating group) is 1. The molecular formula is C13H22N6. The van der Waals surface area contributed by atoms with Crippen molar-refractivity contribution in [1.29, 1.82) is 0 Å². The molecule has 2 aliphatic rings. The Morgan fingerprint density at radius 2 is 1.37 bits per heavy atom. The van der Waals surface area contributed by atoms with E-state index in [0.717, 1.165) is 64.0 Å². The highest BCUT2D eigenvalue weighted by atomic mass is 15.3. The molecule has 0 bridgehead atoms. The molecule has 1 aromatic rings. The normalized spacial score (nSPS) is 21.7. The van der Waals surface area contributed by atoms with Gasteiger partial charge in [-0.3, -0.25) is 0 Å². The van der Waals surface area contributed by atoms with Gasteiger partial charge < -0.3 is 20.0 Å². The highest BCUT2D eigenvalue weighted by Crippen LogP contribution is 2.25. The number of rotatable bonds is 2. The largest absolute Gasteiger partial charge is 0.351 e. The van der Waals surface area contributed by atoms with Gasteiger partial charge in [0.05, 0.1) is 0 Å². The minimum absolute atomic E-state index is 1.01. The second-order valence-electron chi connectivity index (χ2n) is 5.23. The molecule has 0 spiro atoms. The second-order valence-corrected chi connectivity index (χ2v) is 5.23. The maximum absolute atomic E-state index is 4.59. The highest BCUT2D eigenvalue weighted by Gasteiger charge is 2.22. The molecule has 1 N–H and O–H groups in total. The van der Waals surface area contributed by atoms with Gasteiger partial charge in [-0.15, -0.1) is 0 Å². The van der Waals surface area contributed by atoms with Crippen molar-refractivity contribution in [3.63, 3.8) is 0 Å². The summed E-state index contributed by atoms with van der Waals surface area (Å²) in [6.45, 7) is 8.34. The first-order valence-electron chi connectivity index (χ1n) is 7.05. The summed E-state index contributed by atoms with van der Waals surface area (Å²) >= 11 is 0. The first-order chi connectivity index (χ1) is 9.34. The predicted octanol–water partition coefficient (Wildman–Crippen LogP) is -0.362. The van der Waals surface area contributed by atoms with Gasteiger partial charge in [0.2, 0.25) is 0 Å². The lowest BCUT2D eigenvalue weighted by molar-refractivity contribution is 0.312. The number of nitrogens with one attached hydrogen (secondary N) is 1. The number of piperazine rings is 2. The van der Waals surface area contributed by atoms with Crippen LogP contribution < -0.4 is 15.1 Å². The van der Waals surface area contributed by atoms with Crippen molar-refractivity contribution < 1.29 is 0 Å². The molecule has 1 aromatic heterocycles. The third kappa shape index (κ3) is 2.79. The summed E-state index contributed by atoms with van der Waals surface area (Å²) in [5.41, 5.74) is 0. The Balaban J connectivity index is 1.80. The first kappa shape index (κ1) is 12.6. The number of aromatic nitrogens is 2. The smallest absolute Gasteiger partial charge is 0.172 e. The molecule has 3 rings (SSSR count). The van der Waals surface area contributed by atoms with Crippen LogP contribution in [0, 0.1) is 0 Å². The molecule has 0 atom stereocenters. The summed E-state index contributed by atoms with van der Waals surface area (Å²) in [6, 6.07) is 0. The van der Waals surface area contributed by atoms with Crippen molar-refractivity contribution in [2.75, 3.05) is 69.2 Å². The van der Waals surface area contributed by atoms with Gasteiger partial charge >= 0.3 is 0 Å². The van der Waals surface area contributed by atoms with Crippen LogP contribution in [0.15, 0.2) is 12.4 Å². The van der Waals surface area contributed by atoms with E-state index in [-0.39, 0.29) is 0 Å². The van der Waals surface area contributed by atoms with Gasteiger partial charge in [-0.1, -0.05) is 0 Å². The van der Waals surface area contributed by atoms with Crippen molar-refractivity contribution in [2.24, 2.45) is 0 Å². The standard InChI is InChI=1S/C13H22N6/c1-17-8-10-19(11-9-17)13-12(15-2-3-16-13)18-6-4-14-5-7-18/h2-3,14H,4-11H2,1H3. The third-order valence-electron chi connectivity index (χ3n) is 3.88. The predicted molar refractivity (Wildman–Crippen MR) is 76.8 cm³/mol. The number of nitrogens with zero attached hydrogens (tertiary/aromatic N) is 5. The summed E-state index contributed by atoms with van der Waals surface area (Å²) in [7, 11) is 2.17. The molecule has 6 heteroatoms. The Hall–Kier alpha value is -1.40. The van der Waals surface area contributed by atoms with E-state index in [1.54, 1.807) is 12.4 Å². The summed E-state index contributed by atoms with van der Waals surface area (Å²) in [5, 5.41) is 3.38. The SMILES string of the molecule is CN1CCN(c2nccnc2N2CCNCC2)CC1. The summed E-state index contributed by atoms with van der Waals surface area (Å²) in [6.07, 6.45) is 3.61. The van der Waals surface area contributed by atoms with Crippen LogP contribution in [-0.4, -0.2) is 74.3 Å². The average molecular weight is 262 g/mol. The van der Waals surface area contributed by atoms with E-state index < -0.39 is 0 Å². The Morgan fingerprint density at radius 3 is 1.95 bits per heavy atom. The van der Waals surface area contributed by atoms with E-state index in [4.69, 9.17) is 0 Å². The minimum Gasteiger partial charge on any atom is -0.351 e. The van der Waals surface area contributed by atoms with E-state index >= 15 is 0 Å². The van der Waals surface area contributed by atoms with Crippen LogP contribution in [-0.2, 0) is 0 Å². The molecule has 2 aliphatic heterocycles. The van der Waals surface area contributed by atoms with Crippen molar-refractivity contribution in [2.45, 2.75) is 0 Å². The monoisotopic (exact) mass is 262 g/mol. The Bertz CT molecular complexity index is 409. The zero-order chi connectivity index (χ0) is 13.1. The Kier molecular flexibility index (Phi) is 3.79. The van der Waals surface area contributed by atoms with Crippen LogP contribution in [0.25, 0.3) is 0 Å². The molecule has 0 unspecified atom stereocenters. The van der Waals surface area contributed by atoms with Crippen LogP contribution in [0.2, 0.25) is 0 Å². The van der Waals surface area contributed by atoms with E-state index in [0.29, 0.717) is 0 Å². The van der Waals surface area contributed by atoms with E-state index in [2.05, 4.69) is 37.0 Å². The van der Waals surface area contributed by atoms with Crippen molar-refractivity contribution in [3.8, 4) is 0 Å². The molecule has 2 saturated heterocycles. The second kappa shape index (κ2) is 5.71. The van der Waals surface area contributed by atoms with Crippen LogP contribution in [0.5, 0.6) is 0 Å². The summed E-state index contributed by atoms with van der Waals surface area (Å²) < 4.78 is 0. The van der Waals surface area contributed by atoms with Gasteiger partial charge in [0, 0.05) is 64.8 Å². The third-order valence-corrected chi connectivity index (χ3v) is 3.88. The lowest BCUT2D eigenvalue weighted by Gasteiger charge is -2.36. The fourth-order valence-electron chi connectivity index (χ4n) is 2.66. The zero-order valence-corrected chi connectivity index (χ0v) is 11.5. The van der Waals surface area contributed by atoms with Gasteiger partial charge in [0.15, 0.2) is 11.6 Å². The lowest BCUT2D eigenvalue weighted by atomic mass is 10.3. The van der Waals surface area contributed by atoms with Crippen LogP contribution >= 0.6 is 0 Å².